The predicted molar refractivity (Wildman–Crippen MR) is 179 cm³/mol. The molecule has 1 fully saturated rings. The Kier molecular flexibility index (Phi) is 10.4. The van der Waals surface area contributed by atoms with Crippen LogP contribution in [-0.4, -0.2) is 52.6 Å². The number of carbonyl (C=O) groups excluding carboxylic acids is 5. The van der Waals surface area contributed by atoms with E-state index in [1.807, 2.05) is 38.1 Å². The number of urea groups is 1. The van der Waals surface area contributed by atoms with Crippen molar-refractivity contribution in [3.63, 3.8) is 0 Å². The summed E-state index contributed by atoms with van der Waals surface area (Å²) < 4.78 is 11.9. The molecule has 1 atom stereocenters. The van der Waals surface area contributed by atoms with Gasteiger partial charge < -0.3 is 25.4 Å². The second-order valence-electron chi connectivity index (χ2n) is 13.1. The molecule has 248 valence electrons. The largest absolute Gasteiger partial charge is 0.493 e. The molecule has 0 aliphatic carbocycles. The smallest absolute Gasteiger partial charge is 0.326 e. The number of benzene rings is 3. The van der Waals surface area contributed by atoms with Crippen molar-refractivity contribution in [3.8, 4) is 17.2 Å². The number of nitrogens with zero attached hydrogens (tertiary/aromatic N) is 1. The molecule has 1 aliphatic heterocycles. The molecule has 1 aliphatic rings. The Hall–Kier alpha value is -5.19. The number of nitrogens with one attached hydrogen (secondary N) is 3. The summed E-state index contributed by atoms with van der Waals surface area (Å²) in [6, 6.07) is 16.8. The van der Waals surface area contributed by atoms with Crippen LogP contribution in [0.2, 0.25) is 0 Å². The van der Waals surface area contributed by atoms with Crippen molar-refractivity contribution < 1.29 is 33.4 Å². The molecule has 1 unspecified atom stereocenters. The zero-order chi connectivity index (χ0) is 34.5. The van der Waals surface area contributed by atoms with Crippen LogP contribution >= 0.6 is 0 Å². The number of Topliss-reactive ketones (excluding diaryl/α,β-unsaturated/α-hetero) is 1. The molecule has 0 radical (unpaired) electrons. The summed E-state index contributed by atoms with van der Waals surface area (Å²) in [6.45, 7) is 12.1. The van der Waals surface area contributed by atoms with Crippen LogP contribution in [0.5, 0.6) is 17.2 Å². The minimum Gasteiger partial charge on any atom is -0.493 e. The zero-order valence-corrected chi connectivity index (χ0v) is 27.9. The van der Waals surface area contributed by atoms with E-state index in [9.17, 15) is 24.0 Å². The summed E-state index contributed by atoms with van der Waals surface area (Å²) in [6.07, 6.45) is 0.649. The highest BCUT2D eigenvalue weighted by molar-refractivity contribution is 6.20. The van der Waals surface area contributed by atoms with Gasteiger partial charge in [-0.2, -0.15) is 0 Å². The number of hydrogen-bond acceptors (Lipinski definition) is 7. The van der Waals surface area contributed by atoms with E-state index < -0.39 is 40.6 Å². The Bertz CT molecular complexity index is 1680. The van der Waals surface area contributed by atoms with Gasteiger partial charge in [0.2, 0.25) is 5.91 Å². The van der Waals surface area contributed by atoms with Gasteiger partial charge >= 0.3 is 6.03 Å². The standard InChI is InChI=1S/C36H42N4O7/c1-22-15-17-27(23(2)20-22)46-19-11-14-29(41)37-24-16-18-28(47-25-12-9-8-10-13-25)26(21-24)38-32(43)30(31(42)35(3,4)5)40-33(44)36(6,7)39-34(40)45/h8-10,12-13,15-18,20-21,30H,11,14,19H2,1-7H3,(H,37,41)(H,38,43)(H,39,45). The third-order valence-electron chi connectivity index (χ3n) is 7.51. The lowest BCUT2D eigenvalue weighted by Crippen LogP contribution is -2.55. The Labute approximate surface area is 275 Å². The fraction of sp³-hybridized carbons (Fsp3) is 0.361. The number of imide groups is 1. The molecule has 1 heterocycles. The lowest BCUT2D eigenvalue weighted by Gasteiger charge is -2.29. The first-order valence-electron chi connectivity index (χ1n) is 15.4. The second-order valence-corrected chi connectivity index (χ2v) is 13.1. The average Bonchev–Trinajstić information content (AvgIpc) is 3.19. The number of rotatable bonds is 12. The van der Waals surface area contributed by atoms with E-state index in [1.54, 1.807) is 57.2 Å². The molecule has 4 rings (SSSR count). The van der Waals surface area contributed by atoms with Crippen LogP contribution < -0.4 is 25.4 Å². The maximum atomic E-state index is 13.9. The number of ether oxygens (including phenoxy) is 2. The minimum atomic E-state index is -1.76. The summed E-state index contributed by atoms with van der Waals surface area (Å²) in [5, 5.41) is 8.05. The van der Waals surface area contributed by atoms with Gasteiger partial charge in [-0.25, -0.2) is 9.69 Å². The van der Waals surface area contributed by atoms with Crippen molar-refractivity contribution in [1.29, 1.82) is 0 Å². The highest BCUT2D eigenvalue weighted by Crippen LogP contribution is 2.34. The molecule has 5 amide bonds. The van der Waals surface area contributed by atoms with Gasteiger partial charge in [0.1, 0.15) is 17.0 Å². The van der Waals surface area contributed by atoms with Gasteiger partial charge in [0.25, 0.3) is 11.8 Å². The number of hydrogen-bond donors (Lipinski definition) is 3. The predicted octanol–water partition coefficient (Wildman–Crippen LogP) is 6.15. The van der Waals surface area contributed by atoms with Crippen molar-refractivity contribution >= 4 is 40.9 Å². The first-order chi connectivity index (χ1) is 22.1. The fourth-order valence-corrected chi connectivity index (χ4v) is 4.98. The topological polar surface area (TPSA) is 143 Å². The monoisotopic (exact) mass is 642 g/mol. The molecule has 1 saturated heterocycles. The minimum absolute atomic E-state index is 0.118. The maximum absolute atomic E-state index is 13.9. The molecule has 0 saturated carbocycles. The van der Waals surface area contributed by atoms with Crippen molar-refractivity contribution in [2.24, 2.45) is 5.41 Å². The van der Waals surface area contributed by atoms with Gasteiger partial charge in [-0.3, -0.25) is 19.2 Å². The Morgan fingerprint density at radius 3 is 2.21 bits per heavy atom. The van der Waals surface area contributed by atoms with Gasteiger partial charge in [-0.1, -0.05) is 56.7 Å². The van der Waals surface area contributed by atoms with Gasteiger partial charge in [0, 0.05) is 17.5 Å². The fourth-order valence-electron chi connectivity index (χ4n) is 4.98. The van der Waals surface area contributed by atoms with Gasteiger partial charge in [0.05, 0.1) is 12.3 Å². The van der Waals surface area contributed by atoms with E-state index in [0.29, 0.717) is 29.4 Å². The third-order valence-corrected chi connectivity index (χ3v) is 7.51. The number of para-hydroxylation sites is 1. The summed E-state index contributed by atoms with van der Waals surface area (Å²) in [7, 11) is 0. The molecule has 3 aromatic rings. The summed E-state index contributed by atoms with van der Waals surface area (Å²) in [5.74, 6) is -1.06. The van der Waals surface area contributed by atoms with Crippen LogP contribution in [0.25, 0.3) is 0 Å². The SMILES string of the molecule is Cc1ccc(OCCCC(=O)Nc2ccc(Oc3ccccc3)c(NC(=O)C(C(=O)C(C)(C)C)N3C(=O)NC(C)(C)C3=O)c2)c(C)c1. The molecule has 11 nitrogen and oxygen atoms in total. The first-order valence-corrected chi connectivity index (χ1v) is 15.4. The van der Waals surface area contributed by atoms with Gasteiger partial charge in [-0.15, -0.1) is 0 Å². The highest BCUT2D eigenvalue weighted by Gasteiger charge is 2.53. The number of aryl methyl sites for hydroxylation is 2. The zero-order valence-electron chi connectivity index (χ0n) is 27.9. The lowest BCUT2D eigenvalue weighted by atomic mass is 9.85. The Morgan fingerprint density at radius 2 is 1.60 bits per heavy atom. The van der Waals surface area contributed by atoms with E-state index >= 15 is 0 Å². The summed E-state index contributed by atoms with van der Waals surface area (Å²) >= 11 is 0. The number of ketones is 1. The molecule has 0 aromatic heterocycles. The quantitative estimate of drug-likeness (QED) is 0.122. The van der Waals surface area contributed by atoms with Crippen LogP contribution in [0.3, 0.4) is 0 Å². The van der Waals surface area contributed by atoms with Crippen LogP contribution in [0.15, 0.2) is 66.7 Å². The molecule has 0 spiro atoms. The molecule has 0 bridgehead atoms. The van der Waals surface area contributed by atoms with Crippen molar-refractivity contribution in [3.05, 3.63) is 77.9 Å². The Balaban J connectivity index is 1.55. The van der Waals surface area contributed by atoms with Crippen molar-refractivity contribution in [2.45, 2.75) is 72.9 Å². The van der Waals surface area contributed by atoms with Crippen LogP contribution in [0.1, 0.15) is 58.6 Å². The van der Waals surface area contributed by atoms with E-state index in [2.05, 4.69) is 16.0 Å². The van der Waals surface area contributed by atoms with Gasteiger partial charge in [0.15, 0.2) is 17.6 Å². The highest BCUT2D eigenvalue weighted by atomic mass is 16.5. The van der Waals surface area contributed by atoms with E-state index in [-0.39, 0.29) is 23.8 Å². The summed E-state index contributed by atoms with van der Waals surface area (Å²) in [5.41, 5.74) is 0.260. The van der Waals surface area contributed by atoms with Crippen LogP contribution in [0, 0.1) is 19.3 Å². The number of anilines is 2. The van der Waals surface area contributed by atoms with Crippen LogP contribution in [-0.2, 0) is 19.2 Å². The maximum Gasteiger partial charge on any atom is 0.326 e. The molecule has 3 N–H and O–H groups in total. The van der Waals surface area contributed by atoms with Crippen molar-refractivity contribution in [1.82, 2.24) is 10.2 Å². The van der Waals surface area contributed by atoms with E-state index in [0.717, 1.165) is 16.9 Å². The lowest BCUT2D eigenvalue weighted by molar-refractivity contribution is -0.144. The molecular formula is C36H42N4O7. The molecular weight excluding hydrogens is 600 g/mol. The van der Waals surface area contributed by atoms with Gasteiger partial charge in [-0.05, 0) is 76.1 Å². The first kappa shape index (κ1) is 34.7. The second kappa shape index (κ2) is 14.1. The van der Waals surface area contributed by atoms with E-state index in [1.165, 1.54) is 19.9 Å². The average molecular weight is 643 g/mol. The van der Waals surface area contributed by atoms with Crippen molar-refractivity contribution in [2.75, 3.05) is 17.2 Å². The number of carbonyl (C=O) groups is 5. The molecule has 3 aromatic carbocycles. The number of amides is 5. The van der Waals surface area contributed by atoms with Crippen LogP contribution in [0.4, 0.5) is 16.2 Å². The van der Waals surface area contributed by atoms with E-state index in [4.69, 9.17) is 9.47 Å². The summed E-state index contributed by atoms with van der Waals surface area (Å²) in [4.78, 5) is 67.1. The normalized spacial score (nSPS) is 14.7. The Morgan fingerprint density at radius 1 is 0.915 bits per heavy atom. The molecule has 47 heavy (non-hydrogen) atoms. The molecule has 11 heteroatoms. The third kappa shape index (κ3) is 8.55.